The van der Waals surface area contributed by atoms with Gasteiger partial charge in [0.15, 0.2) is 11.6 Å². The number of nitrogens with two attached hydrogens (primary N) is 1. The molecular weight excluding hydrogens is 299 g/mol. The van der Waals surface area contributed by atoms with Gasteiger partial charge in [0.1, 0.15) is 0 Å². The second kappa shape index (κ2) is 7.06. The highest BCUT2D eigenvalue weighted by atomic mass is 32.2. The second-order valence-electron chi connectivity index (χ2n) is 4.95. The number of nitrogens with one attached hydrogen (secondary N) is 1. The van der Waals surface area contributed by atoms with Gasteiger partial charge in [0.05, 0.1) is 24.3 Å². The van der Waals surface area contributed by atoms with Gasteiger partial charge >= 0.3 is 0 Å². The van der Waals surface area contributed by atoms with Crippen molar-refractivity contribution in [2.75, 3.05) is 26.6 Å². The van der Waals surface area contributed by atoms with Crippen LogP contribution in [0.25, 0.3) is 0 Å². The molecule has 1 rings (SSSR count). The number of nitrogen functional groups attached to an aromatic ring is 1. The van der Waals surface area contributed by atoms with E-state index in [1.165, 1.54) is 14.2 Å². The Balaban J connectivity index is 3.13. The maximum absolute atomic E-state index is 13.8. The standard InChI is InChI=1S/C13H21FN2O4S/c1-8(2)12(7-19-3)16-21(17,18)9-5-10(14)13(20-4)11(15)6-9/h5-6,8,12,16H,7,15H2,1-4H3. The van der Waals surface area contributed by atoms with Gasteiger partial charge in [-0.1, -0.05) is 13.8 Å². The van der Waals surface area contributed by atoms with Crippen LogP contribution in [0.4, 0.5) is 10.1 Å². The van der Waals surface area contributed by atoms with Crippen LogP contribution >= 0.6 is 0 Å². The Morgan fingerprint density at radius 1 is 1.33 bits per heavy atom. The maximum Gasteiger partial charge on any atom is 0.241 e. The van der Waals surface area contributed by atoms with Crippen LogP contribution in [0.15, 0.2) is 17.0 Å². The number of hydrogen-bond acceptors (Lipinski definition) is 5. The van der Waals surface area contributed by atoms with E-state index in [0.717, 1.165) is 12.1 Å². The molecule has 0 aliphatic rings. The van der Waals surface area contributed by atoms with E-state index in [1.807, 2.05) is 13.8 Å². The first kappa shape index (κ1) is 17.7. The maximum atomic E-state index is 13.8. The first-order chi connectivity index (χ1) is 9.72. The molecule has 1 unspecified atom stereocenters. The lowest BCUT2D eigenvalue weighted by Crippen LogP contribution is -2.41. The summed E-state index contributed by atoms with van der Waals surface area (Å²) in [5.41, 5.74) is 5.52. The third-order valence-corrected chi connectivity index (χ3v) is 4.49. The molecule has 8 heteroatoms. The summed E-state index contributed by atoms with van der Waals surface area (Å²) < 4.78 is 50.6. The Labute approximate surface area is 124 Å². The van der Waals surface area contributed by atoms with Crippen LogP contribution in [-0.2, 0) is 14.8 Å². The fourth-order valence-corrected chi connectivity index (χ4v) is 3.18. The Morgan fingerprint density at radius 2 is 1.95 bits per heavy atom. The smallest absolute Gasteiger partial charge is 0.241 e. The van der Waals surface area contributed by atoms with Crippen molar-refractivity contribution in [3.63, 3.8) is 0 Å². The minimum Gasteiger partial charge on any atom is -0.492 e. The second-order valence-corrected chi connectivity index (χ2v) is 6.67. The molecule has 0 saturated heterocycles. The van der Waals surface area contributed by atoms with Crippen LogP contribution in [0.3, 0.4) is 0 Å². The van der Waals surface area contributed by atoms with E-state index < -0.39 is 21.9 Å². The normalized spacial score (nSPS) is 13.4. The van der Waals surface area contributed by atoms with Gasteiger partial charge in [-0.15, -0.1) is 0 Å². The van der Waals surface area contributed by atoms with Crippen molar-refractivity contribution >= 4 is 15.7 Å². The number of methoxy groups -OCH3 is 2. The van der Waals surface area contributed by atoms with Crippen molar-refractivity contribution in [1.29, 1.82) is 0 Å². The van der Waals surface area contributed by atoms with E-state index in [9.17, 15) is 12.8 Å². The molecule has 0 spiro atoms. The summed E-state index contributed by atoms with van der Waals surface area (Å²) in [6, 6.07) is 1.61. The van der Waals surface area contributed by atoms with Gasteiger partial charge in [-0.3, -0.25) is 0 Å². The minimum atomic E-state index is -3.90. The monoisotopic (exact) mass is 320 g/mol. The Kier molecular flexibility index (Phi) is 5.94. The van der Waals surface area contributed by atoms with Crippen molar-refractivity contribution in [2.45, 2.75) is 24.8 Å². The van der Waals surface area contributed by atoms with Gasteiger partial charge in [0, 0.05) is 13.2 Å². The quantitative estimate of drug-likeness (QED) is 0.740. The molecule has 21 heavy (non-hydrogen) atoms. The van der Waals surface area contributed by atoms with Crippen LogP contribution in [0.5, 0.6) is 5.75 Å². The molecule has 0 bridgehead atoms. The molecule has 0 saturated carbocycles. The van der Waals surface area contributed by atoms with Gasteiger partial charge < -0.3 is 15.2 Å². The predicted molar refractivity (Wildman–Crippen MR) is 78.2 cm³/mol. The van der Waals surface area contributed by atoms with Gasteiger partial charge in [-0.05, 0) is 18.1 Å². The lowest BCUT2D eigenvalue weighted by Gasteiger charge is -2.21. The third kappa shape index (κ3) is 4.29. The van der Waals surface area contributed by atoms with Gasteiger partial charge in [-0.25, -0.2) is 17.5 Å². The van der Waals surface area contributed by atoms with Crippen molar-refractivity contribution in [3.05, 3.63) is 17.9 Å². The van der Waals surface area contributed by atoms with Crippen LogP contribution < -0.4 is 15.2 Å². The predicted octanol–water partition coefficient (Wildman–Crippen LogP) is 1.37. The number of ether oxygens (including phenoxy) is 2. The van der Waals surface area contributed by atoms with Gasteiger partial charge in [0.2, 0.25) is 10.0 Å². The molecule has 1 aromatic carbocycles. The van der Waals surface area contributed by atoms with Crippen molar-refractivity contribution in [2.24, 2.45) is 5.92 Å². The Hall–Kier alpha value is -1.38. The number of sulfonamides is 1. The summed E-state index contributed by atoms with van der Waals surface area (Å²) in [5, 5.41) is 0. The number of rotatable bonds is 7. The zero-order chi connectivity index (χ0) is 16.2. The van der Waals surface area contributed by atoms with Gasteiger partial charge in [-0.2, -0.15) is 0 Å². The average molecular weight is 320 g/mol. The molecule has 0 fully saturated rings. The first-order valence-corrected chi connectivity index (χ1v) is 7.85. The topological polar surface area (TPSA) is 90.7 Å². The van der Waals surface area contributed by atoms with Crippen molar-refractivity contribution in [3.8, 4) is 5.75 Å². The molecule has 0 heterocycles. The summed E-state index contributed by atoms with van der Waals surface area (Å²) >= 11 is 0. The fraction of sp³-hybridized carbons (Fsp3) is 0.538. The molecule has 6 nitrogen and oxygen atoms in total. The van der Waals surface area contributed by atoms with E-state index in [2.05, 4.69) is 4.72 Å². The van der Waals surface area contributed by atoms with Crippen LogP contribution in [0.1, 0.15) is 13.8 Å². The van der Waals surface area contributed by atoms with Crippen LogP contribution in [0.2, 0.25) is 0 Å². The molecule has 3 N–H and O–H groups in total. The zero-order valence-electron chi connectivity index (χ0n) is 12.5. The molecule has 1 aromatic rings. The fourth-order valence-electron chi connectivity index (χ4n) is 1.77. The number of hydrogen-bond donors (Lipinski definition) is 2. The summed E-state index contributed by atoms with van der Waals surface area (Å²) in [7, 11) is -1.16. The van der Waals surface area contributed by atoms with Crippen LogP contribution in [-0.4, -0.2) is 35.3 Å². The van der Waals surface area contributed by atoms with E-state index in [-0.39, 0.29) is 28.9 Å². The highest BCUT2D eigenvalue weighted by Gasteiger charge is 2.24. The third-order valence-electron chi connectivity index (χ3n) is 3.02. The Bertz CT molecular complexity index is 567. The summed E-state index contributed by atoms with van der Waals surface area (Å²) in [5.74, 6) is -0.989. The highest BCUT2D eigenvalue weighted by Crippen LogP contribution is 2.28. The van der Waals surface area contributed by atoms with Crippen LogP contribution in [0, 0.1) is 11.7 Å². The molecule has 120 valence electrons. The SMILES string of the molecule is COCC(NS(=O)(=O)c1cc(N)c(OC)c(F)c1)C(C)C. The molecule has 0 amide bonds. The largest absolute Gasteiger partial charge is 0.492 e. The minimum absolute atomic E-state index is 0.0140. The Morgan fingerprint density at radius 3 is 2.38 bits per heavy atom. The number of anilines is 1. The van der Waals surface area contributed by atoms with E-state index >= 15 is 0 Å². The number of benzene rings is 1. The average Bonchev–Trinajstić information content (AvgIpc) is 2.37. The molecule has 1 atom stereocenters. The highest BCUT2D eigenvalue weighted by molar-refractivity contribution is 7.89. The molecule has 0 aliphatic heterocycles. The van der Waals surface area contributed by atoms with Gasteiger partial charge in [0.25, 0.3) is 0 Å². The zero-order valence-corrected chi connectivity index (χ0v) is 13.3. The molecule has 0 aliphatic carbocycles. The lowest BCUT2D eigenvalue weighted by atomic mass is 10.1. The molecule has 0 radical (unpaired) electrons. The summed E-state index contributed by atoms with van der Waals surface area (Å²) in [4.78, 5) is -0.250. The lowest BCUT2D eigenvalue weighted by molar-refractivity contribution is 0.157. The van der Waals surface area contributed by atoms with E-state index in [4.69, 9.17) is 15.2 Å². The van der Waals surface area contributed by atoms with E-state index in [0.29, 0.717) is 0 Å². The summed E-state index contributed by atoms with van der Waals surface area (Å²) in [6.45, 7) is 3.93. The first-order valence-electron chi connectivity index (χ1n) is 6.37. The van der Waals surface area contributed by atoms with Crippen molar-refractivity contribution < 1.29 is 22.3 Å². The van der Waals surface area contributed by atoms with E-state index in [1.54, 1.807) is 0 Å². The van der Waals surface area contributed by atoms with Crippen molar-refractivity contribution in [1.82, 2.24) is 4.72 Å². The number of halogens is 1. The molecular formula is C13H21FN2O4S. The molecule has 0 aromatic heterocycles. The summed E-state index contributed by atoms with van der Waals surface area (Å²) in [6.07, 6.45) is 0.